The van der Waals surface area contributed by atoms with E-state index in [0.29, 0.717) is 6.10 Å². The highest BCUT2D eigenvalue weighted by atomic mass is 32.1. The zero-order chi connectivity index (χ0) is 15.9. The summed E-state index contributed by atoms with van der Waals surface area (Å²) in [6.07, 6.45) is 9.90. The van der Waals surface area contributed by atoms with Crippen molar-refractivity contribution in [1.29, 1.82) is 0 Å². The van der Waals surface area contributed by atoms with Gasteiger partial charge in [0.1, 0.15) is 0 Å². The van der Waals surface area contributed by atoms with E-state index in [0.717, 1.165) is 44.9 Å². The van der Waals surface area contributed by atoms with Crippen molar-refractivity contribution in [1.82, 2.24) is 15.6 Å². The Kier molecular flexibility index (Phi) is 6.28. The van der Waals surface area contributed by atoms with Crippen LogP contribution in [0.1, 0.15) is 47.7 Å². The van der Waals surface area contributed by atoms with Crippen LogP contribution in [0, 0.1) is 0 Å². The molecule has 0 radical (unpaired) electrons. The highest BCUT2D eigenvalue weighted by Crippen LogP contribution is 2.27. The van der Waals surface area contributed by atoms with E-state index in [-0.39, 0.29) is 0 Å². The molecule has 1 aromatic rings. The fourth-order valence-electron chi connectivity index (χ4n) is 3.20. The van der Waals surface area contributed by atoms with Crippen LogP contribution in [-0.2, 0) is 24.0 Å². The number of rotatable bonds is 6. The fraction of sp³-hybridized carbons (Fsp3) is 0.765. The Bertz CT molecular complexity index is 499. The lowest BCUT2D eigenvalue weighted by atomic mass is 10.0. The Labute approximate surface area is 142 Å². The molecule has 2 aliphatic rings. The van der Waals surface area contributed by atoms with Gasteiger partial charge in [0.25, 0.3) is 0 Å². The highest BCUT2D eigenvalue weighted by Gasteiger charge is 2.16. The summed E-state index contributed by atoms with van der Waals surface area (Å²) in [4.78, 5) is 10.6. The fourth-order valence-corrected chi connectivity index (χ4v) is 4.39. The lowest BCUT2D eigenvalue weighted by molar-refractivity contribution is 0.114. The van der Waals surface area contributed by atoms with Crippen molar-refractivity contribution in [3.05, 3.63) is 15.6 Å². The van der Waals surface area contributed by atoms with E-state index in [1.54, 1.807) is 0 Å². The van der Waals surface area contributed by atoms with Gasteiger partial charge >= 0.3 is 0 Å². The third kappa shape index (κ3) is 4.91. The van der Waals surface area contributed by atoms with Crippen LogP contribution in [0.2, 0.25) is 0 Å². The van der Waals surface area contributed by atoms with Crippen LogP contribution in [0.4, 0.5) is 0 Å². The minimum atomic E-state index is 0.343. The first-order chi connectivity index (χ1) is 11.3. The first-order valence-corrected chi connectivity index (χ1v) is 9.70. The SMILES string of the molecule is CN=C(NCCCc1nc2c(s1)CCCC2)NCC1CCCO1. The van der Waals surface area contributed by atoms with Gasteiger partial charge in [0, 0.05) is 38.0 Å². The number of hydrogen-bond acceptors (Lipinski definition) is 4. The van der Waals surface area contributed by atoms with Crippen molar-refractivity contribution in [2.75, 3.05) is 26.7 Å². The number of aryl methyl sites for hydroxylation is 3. The van der Waals surface area contributed by atoms with Crippen molar-refractivity contribution >= 4 is 17.3 Å². The molecule has 1 aromatic heterocycles. The average molecular weight is 337 g/mol. The molecule has 0 spiro atoms. The molecule has 3 rings (SSSR count). The Morgan fingerprint density at radius 2 is 2.22 bits per heavy atom. The highest BCUT2D eigenvalue weighted by molar-refractivity contribution is 7.11. The molecule has 1 fully saturated rings. The molecule has 1 aliphatic carbocycles. The smallest absolute Gasteiger partial charge is 0.191 e. The van der Waals surface area contributed by atoms with Crippen molar-refractivity contribution in [3.63, 3.8) is 0 Å². The largest absolute Gasteiger partial charge is 0.376 e. The summed E-state index contributed by atoms with van der Waals surface area (Å²) in [5.74, 6) is 0.874. The van der Waals surface area contributed by atoms with Crippen LogP contribution in [0.5, 0.6) is 0 Å². The zero-order valence-electron chi connectivity index (χ0n) is 14.1. The number of ether oxygens (including phenoxy) is 1. The molecule has 1 unspecified atom stereocenters. The number of hydrogen-bond donors (Lipinski definition) is 2. The molecule has 1 aliphatic heterocycles. The molecule has 1 atom stereocenters. The molecule has 0 bridgehead atoms. The van der Waals surface area contributed by atoms with E-state index in [2.05, 4.69) is 15.6 Å². The van der Waals surface area contributed by atoms with Crippen LogP contribution in [-0.4, -0.2) is 43.8 Å². The molecule has 1 saturated heterocycles. The third-order valence-corrected chi connectivity index (χ3v) is 5.71. The molecule has 5 nitrogen and oxygen atoms in total. The summed E-state index contributed by atoms with van der Waals surface area (Å²) in [7, 11) is 1.82. The van der Waals surface area contributed by atoms with Crippen LogP contribution in [0.25, 0.3) is 0 Å². The van der Waals surface area contributed by atoms with E-state index in [4.69, 9.17) is 9.72 Å². The minimum absolute atomic E-state index is 0.343. The second-order valence-corrected chi connectivity index (χ2v) is 7.47. The Hall–Kier alpha value is -1.14. The van der Waals surface area contributed by atoms with Gasteiger partial charge in [0.05, 0.1) is 16.8 Å². The summed E-state index contributed by atoms with van der Waals surface area (Å²) in [5.41, 5.74) is 1.37. The van der Waals surface area contributed by atoms with Gasteiger partial charge in [-0.1, -0.05) is 0 Å². The van der Waals surface area contributed by atoms with E-state index >= 15 is 0 Å². The number of fused-ring (bicyclic) bond motifs is 1. The van der Waals surface area contributed by atoms with Crippen molar-refractivity contribution in [2.24, 2.45) is 4.99 Å². The summed E-state index contributed by atoms with van der Waals surface area (Å²) in [6.45, 7) is 2.67. The van der Waals surface area contributed by atoms with Gasteiger partial charge in [0.15, 0.2) is 5.96 Å². The van der Waals surface area contributed by atoms with Gasteiger partial charge < -0.3 is 15.4 Å². The summed E-state index contributed by atoms with van der Waals surface area (Å²) in [6, 6.07) is 0. The number of thiazole rings is 1. The topological polar surface area (TPSA) is 58.5 Å². The molecule has 0 aromatic carbocycles. The quantitative estimate of drug-likeness (QED) is 0.475. The average Bonchev–Trinajstić information content (AvgIpc) is 3.23. The number of aromatic nitrogens is 1. The van der Waals surface area contributed by atoms with Crippen LogP contribution in [0.15, 0.2) is 4.99 Å². The summed E-state index contributed by atoms with van der Waals surface area (Å²) >= 11 is 1.93. The molecule has 0 amide bonds. The van der Waals surface area contributed by atoms with Crippen molar-refractivity contribution in [3.8, 4) is 0 Å². The first kappa shape index (κ1) is 16.7. The monoisotopic (exact) mass is 336 g/mol. The molecule has 0 saturated carbocycles. The Balaban J connectivity index is 1.34. The van der Waals surface area contributed by atoms with Gasteiger partial charge in [0.2, 0.25) is 0 Å². The first-order valence-electron chi connectivity index (χ1n) is 8.88. The molecule has 2 N–H and O–H groups in total. The molecular weight excluding hydrogens is 308 g/mol. The number of nitrogens with zero attached hydrogens (tertiary/aromatic N) is 2. The van der Waals surface area contributed by atoms with Gasteiger partial charge in [-0.3, -0.25) is 4.99 Å². The number of nitrogens with one attached hydrogen (secondary N) is 2. The van der Waals surface area contributed by atoms with Crippen molar-refractivity contribution < 1.29 is 4.74 Å². The van der Waals surface area contributed by atoms with Crippen LogP contribution >= 0.6 is 11.3 Å². The minimum Gasteiger partial charge on any atom is -0.376 e. The Morgan fingerprint density at radius 3 is 3.00 bits per heavy atom. The number of guanidine groups is 1. The standard InChI is InChI=1S/C17H28N4OS/c1-18-17(20-12-13-6-5-11-22-13)19-10-4-9-16-21-14-7-2-3-8-15(14)23-16/h13H,2-12H2,1H3,(H2,18,19,20). The Morgan fingerprint density at radius 1 is 1.30 bits per heavy atom. The maximum absolute atomic E-state index is 5.62. The maximum Gasteiger partial charge on any atom is 0.191 e. The van der Waals surface area contributed by atoms with Gasteiger partial charge in [-0.25, -0.2) is 4.98 Å². The predicted molar refractivity (Wildman–Crippen MR) is 95.4 cm³/mol. The third-order valence-electron chi connectivity index (χ3n) is 4.49. The normalized spacial score (nSPS) is 21.3. The molecular formula is C17H28N4OS. The van der Waals surface area contributed by atoms with Gasteiger partial charge in [-0.15, -0.1) is 11.3 Å². The van der Waals surface area contributed by atoms with Gasteiger partial charge in [-0.2, -0.15) is 0 Å². The predicted octanol–water partition coefficient (Wildman–Crippen LogP) is 2.30. The summed E-state index contributed by atoms with van der Waals surface area (Å²) in [5, 5.41) is 8.04. The number of aliphatic imine (C=N–C) groups is 1. The maximum atomic E-state index is 5.62. The lowest BCUT2D eigenvalue weighted by Crippen LogP contribution is -2.41. The molecule has 2 heterocycles. The van der Waals surface area contributed by atoms with Crippen LogP contribution < -0.4 is 10.6 Å². The van der Waals surface area contributed by atoms with E-state index < -0.39 is 0 Å². The zero-order valence-corrected chi connectivity index (χ0v) is 14.9. The molecule has 6 heteroatoms. The van der Waals surface area contributed by atoms with Crippen LogP contribution in [0.3, 0.4) is 0 Å². The second kappa shape index (κ2) is 8.64. The summed E-state index contributed by atoms with van der Waals surface area (Å²) < 4.78 is 5.62. The van der Waals surface area contributed by atoms with Gasteiger partial charge in [-0.05, 0) is 44.9 Å². The second-order valence-electron chi connectivity index (χ2n) is 6.30. The lowest BCUT2D eigenvalue weighted by Gasteiger charge is -2.14. The van der Waals surface area contributed by atoms with E-state index in [9.17, 15) is 0 Å². The van der Waals surface area contributed by atoms with Crippen molar-refractivity contribution in [2.45, 2.75) is 57.5 Å². The van der Waals surface area contributed by atoms with E-state index in [1.807, 2.05) is 18.4 Å². The van der Waals surface area contributed by atoms with E-state index in [1.165, 1.54) is 47.7 Å². The molecule has 128 valence electrons. The molecule has 23 heavy (non-hydrogen) atoms.